The van der Waals surface area contributed by atoms with Gasteiger partial charge in [0.05, 0.1) is 11.4 Å². The molecule has 0 saturated heterocycles. The van der Waals surface area contributed by atoms with Crippen LogP contribution in [0.5, 0.6) is 5.75 Å². The van der Waals surface area contributed by atoms with E-state index in [9.17, 15) is 0 Å². The molecule has 0 N–H and O–H groups in total. The summed E-state index contributed by atoms with van der Waals surface area (Å²) in [6.45, 7) is 3.81. The lowest BCUT2D eigenvalue weighted by molar-refractivity contribution is 0.261. The molecule has 0 radical (unpaired) electrons. The minimum atomic E-state index is 0.383. The summed E-state index contributed by atoms with van der Waals surface area (Å²) in [5.74, 6) is 1.39. The molecule has 6 nitrogen and oxygen atoms in total. The van der Waals surface area contributed by atoms with Crippen LogP contribution in [0.15, 0.2) is 52.0 Å². The summed E-state index contributed by atoms with van der Waals surface area (Å²) in [7, 11) is 4.04. The van der Waals surface area contributed by atoms with E-state index in [2.05, 4.69) is 19.9 Å². The zero-order valence-electron chi connectivity index (χ0n) is 14.8. The van der Waals surface area contributed by atoms with Gasteiger partial charge in [-0.25, -0.2) is 4.98 Å². The van der Waals surface area contributed by atoms with Crippen LogP contribution >= 0.6 is 0 Å². The summed E-state index contributed by atoms with van der Waals surface area (Å²) in [6, 6.07) is 11.5. The zero-order chi connectivity index (χ0) is 17.6. The molecule has 0 aliphatic heterocycles. The molecule has 0 aliphatic rings. The highest BCUT2D eigenvalue weighted by Crippen LogP contribution is 2.16. The Morgan fingerprint density at radius 1 is 1.24 bits per heavy atom. The molecule has 0 saturated carbocycles. The van der Waals surface area contributed by atoms with Crippen molar-refractivity contribution >= 4 is 16.8 Å². The fraction of sp³-hybridized carbons (Fsp3) is 0.316. The minimum Gasteiger partial charge on any atom is -0.492 e. The maximum Gasteiger partial charge on any atom is 0.217 e. The largest absolute Gasteiger partial charge is 0.492 e. The van der Waals surface area contributed by atoms with Gasteiger partial charge in [-0.05, 0) is 39.2 Å². The van der Waals surface area contributed by atoms with Crippen molar-refractivity contribution in [3.63, 3.8) is 0 Å². The second-order valence-electron chi connectivity index (χ2n) is 6.01. The smallest absolute Gasteiger partial charge is 0.217 e. The third-order valence-corrected chi connectivity index (χ3v) is 3.70. The Bertz CT molecular complexity index is 837. The molecule has 0 fully saturated rings. The number of rotatable bonds is 7. The highest BCUT2D eigenvalue weighted by molar-refractivity contribution is 5.97. The maximum absolute atomic E-state index is 5.74. The molecule has 0 spiro atoms. The van der Waals surface area contributed by atoms with E-state index in [4.69, 9.17) is 9.15 Å². The zero-order valence-corrected chi connectivity index (χ0v) is 14.8. The van der Waals surface area contributed by atoms with Crippen molar-refractivity contribution < 1.29 is 9.15 Å². The summed E-state index contributed by atoms with van der Waals surface area (Å²) in [4.78, 5) is 15.4. The van der Waals surface area contributed by atoms with Crippen LogP contribution in [0, 0.1) is 0 Å². The average molecular weight is 338 g/mol. The number of likely N-dealkylation sites (N-methyl/N-ethyl adjacent to an activating group) is 1. The summed E-state index contributed by atoms with van der Waals surface area (Å²) < 4.78 is 11.4. The monoisotopic (exact) mass is 338 g/mol. The Balaban J connectivity index is 1.67. The quantitative estimate of drug-likeness (QED) is 0.619. The van der Waals surface area contributed by atoms with Crippen LogP contribution in [-0.2, 0) is 6.54 Å². The molecule has 0 unspecified atom stereocenters. The Hall–Kier alpha value is -2.73. The lowest BCUT2D eigenvalue weighted by atomic mass is 10.2. The molecule has 1 aromatic carbocycles. The van der Waals surface area contributed by atoms with E-state index in [-0.39, 0.29) is 0 Å². The molecule has 0 atom stereocenters. The van der Waals surface area contributed by atoms with E-state index < -0.39 is 0 Å². The second kappa shape index (κ2) is 7.90. The van der Waals surface area contributed by atoms with Crippen molar-refractivity contribution in [3.05, 3.63) is 54.2 Å². The van der Waals surface area contributed by atoms with Crippen LogP contribution < -0.4 is 4.74 Å². The van der Waals surface area contributed by atoms with E-state index in [1.165, 1.54) is 0 Å². The highest BCUT2D eigenvalue weighted by atomic mass is 16.5. The first-order valence-electron chi connectivity index (χ1n) is 8.21. The normalized spacial score (nSPS) is 12.1. The van der Waals surface area contributed by atoms with Crippen molar-refractivity contribution in [2.45, 2.75) is 13.5 Å². The van der Waals surface area contributed by atoms with Crippen molar-refractivity contribution in [1.82, 2.24) is 14.9 Å². The van der Waals surface area contributed by atoms with E-state index >= 15 is 0 Å². The van der Waals surface area contributed by atoms with Gasteiger partial charge in [0, 0.05) is 18.8 Å². The highest BCUT2D eigenvalue weighted by Gasteiger charge is 2.06. The number of hydrogen-bond acceptors (Lipinski definition) is 6. The molecule has 25 heavy (non-hydrogen) atoms. The summed E-state index contributed by atoms with van der Waals surface area (Å²) in [5, 5.41) is 0. The van der Waals surface area contributed by atoms with Crippen LogP contribution in [-0.4, -0.2) is 47.8 Å². The second-order valence-corrected chi connectivity index (χ2v) is 6.01. The predicted molar refractivity (Wildman–Crippen MR) is 98.2 cm³/mol. The van der Waals surface area contributed by atoms with Gasteiger partial charge in [-0.2, -0.15) is 0 Å². The number of ether oxygens (including phenoxy) is 1. The molecule has 0 aliphatic carbocycles. The van der Waals surface area contributed by atoms with Gasteiger partial charge in [-0.3, -0.25) is 9.98 Å². The first-order valence-corrected chi connectivity index (χ1v) is 8.21. The molecule has 3 rings (SSSR count). The van der Waals surface area contributed by atoms with Gasteiger partial charge in [-0.15, -0.1) is 0 Å². The molecule has 0 bridgehead atoms. The summed E-state index contributed by atoms with van der Waals surface area (Å²) in [5.41, 5.74) is 3.23. The fourth-order valence-corrected chi connectivity index (χ4v) is 2.30. The lowest BCUT2D eigenvalue weighted by Crippen LogP contribution is -2.19. The number of nitrogens with zero attached hydrogens (tertiary/aromatic N) is 4. The van der Waals surface area contributed by atoms with Crippen molar-refractivity contribution in [3.8, 4) is 5.75 Å². The Kier molecular flexibility index (Phi) is 5.40. The summed E-state index contributed by atoms with van der Waals surface area (Å²) in [6.07, 6.45) is 1.73. The number of pyridine rings is 1. The number of fused-ring (bicyclic) bond motifs is 1. The van der Waals surface area contributed by atoms with Crippen LogP contribution in [0.25, 0.3) is 11.1 Å². The molecule has 2 heterocycles. The average Bonchev–Trinajstić information content (AvgIpc) is 3.02. The van der Waals surface area contributed by atoms with E-state index in [0.29, 0.717) is 19.0 Å². The van der Waals surface area contributed by atoms with Crippen molar-refractivity contribution in [1.29, 1.82) is 0 Å². The molecule has 3 aromatic rings. The topological polar surface area (TPSA) is 63.8 Å². The van der Waals surface area contributed by atoms with Crippen molar-refractivity contribution in [2.24, 2.45) is 4.99 Å². The Labute approximate surface area is 147 Å². The third-order valence-electron chi connectivity index (χ3n) is 3.70. The number of hydrogen-bond donors (Lipinski definition) is 0. The SMILES string of the molecule is CC(=NCc1nc2ccccc2o1)c1cc(OCCN(C)C)ccn1. The Morgan fingerprint density at radius 2 is 2.08 bits per heavy atom. The van der Waals surface area contributed by atoms with Crippen LogP contribution in [0.2, 0.25) is 0 Å². The van der Waals surface area contributed by atoms with Crippen LogP contribution in [0.1, 0.15) is 18.5 Å². The first kappa shape index (κ1) is 17.1. The Morgan fingerprint density at radius 3 is 2.88 bits per heavy atom. The number of benzene rings is 1. The van der Waals surface area contributed by atoms with Gasteiger partial charge < -0.3 is 14.1 Å². The predicted octanol–water partition coefficient (Wildman–Crippen LogP) is 3.17. The molecule has 2 aromatic heterocycles. The van der Waals surface area contributed by atoms with E-state index in [1.54, 1.807) is 6.20 Å². The van der Waals surface area contributed by atoms with Gasteiger partial charge >= 0.3 is 0 Å². The minimum absolute atomic E-state index is 0.383. The number of aliphatic imine (C=N–C) groups is 1. The third kappa shape index (κ3) is 4.64. The van der Waals surface area contributed by atoms with Gasteiger partial charge in [-0.1, -0.05) is 12.1 Å². The van der Waals surface area contributed by atoms with Crippen molar-refractivity contribution in [2.75, 3.05) is 27.2 Å². The number of aromatic nitrogens is 2. The first-order chi connectivity index (χ1) is 12.1. The molecule has 130 valence electrons. The van der Waals surface area contributed by atoms with Gasteiger partial charge in [0.15, 0.2) is 5.58 Å². The van der Waals surface area contributed by atoms with E-state index in [1.807, 2.05) is 57.4 Å². The van der Waals surface area contributed by atoms with Crippen LogP contribution in [0.4, 0.5) is 0 Å². The molecular weight excluding hydrogens is 316 g/mol. The van der Waals surface area contributed by atoms with Gasteiger partial charge in [0.1, 0.15) is 24.4 Å². The fourth-order valence-electron chi connectivity index (χ4n) is 2.30. The number of oxazole rings is 1. The standard InChI is InChI=1S/C19H22N4O2/c1-14(17-12-15(8-9-20-17)24-11-10-23(2)3)21-13-19-22-16-6-4-5-7-18(16)25-19/h4-9,12H,10-11,13H2,1-3H3. The lowest BCUT2D eigenvalue weighted by Gasteiger charge is -2.11. The van der Waals surface area contributed by atoms with E-state index in [0.717, 1.165) is 34.8 Å². The number of para-hydroxylation sites is 2. The summed E-state index contributed by atoms with van der Waals surface area (Å²) >= 11 is 0. The molecule has 0 amide bonds. The van der Waals surface area contributed by atoms with Crippen LogP contribution in [0.3, 0.4) is 0 Å². The van der Waals surface area contributed by atoms with Gasteiger partial charge in [0.25, 0.3) is 0 Å². The maximum atomic E-state index is 5.74. The van der Waals surface area contributed by atoms with Gasteiger partial charge in [0.2, 0.25) is 5.89 Å². The molecule has 6 heteroatoms. The molecular formula is C19H22N4O2.